The van der Waals surface area contributed by atoms with E-state index in [0.717, 1.165) is 23.9 Å². The molecule has 3 N–H and O–H groups in total. The zero-order valence-electron chi connectivity index (χ0n) is 15.6. The van der Waals surface area contributed by atoms with Crippen molar-refractivity contribution in [3.8, 4) is 11.4 Å². The van der Waals surface area contributed by atoms with Gasteiger partial charge in [0.25, 0.3) is 0 Å². The Balaban J connectivity index is 1.83. The van der Waals surface area contributed by atoms with Gasteiger partial charge in [-0.1, -0.05) is 5.21 Å². The number of halogens is 3. The number of aliphatic hydroxyl groups excluding tert-OH is 2. The van der Waals surface area contributed by atoms with E-state index in [1.54, 1.807) is 25.3 Å². The molecule has 0 bridgehead atoms. The molecule has 2 unspecified atom stereocenters. The number of aromatic nitrogens is 5. The summed E-state index contributed by atoms with van der Waals surface area (Å²) in [6, 6.07) is 5.19. The van der Waals surface area contributed by atoms with Gasteiger partial charge in [-0.05, 0) is 43.7 Å². The van der Waals surface area contributed by atoms with E-state index < -0.39 is 23.9 Å². The van der Waals surface area contributed by atoms with Crippen LogP contribution in [0.2, 0.25) is 0 Å². The molecule has 0 amide bonds. The van der Waals surface area contributed by atoms with Crippen LogP contribution in [0.15, 0.2) is 36.7 Å². The summed E-state index contributed by atoms with van der Waals surface area (Å²) < 4.78 is 40.0. The fourth-order valence-corrected chi connectivity index (χ4v) is 2.52. The highest BCUT2D eigenvalue weighted by atomic mass is 19.4. The molecule has 0 saturated heterocycles. The van der Waals surface area contributed by atoms with Gasteiger partial charge >= 0.3 is 6.18 Å². The first-order valence-electron chi connectivity index (χ1n) is 8.67. The van der Waals surface area contributed by atoms with Crippen molar-refractivity contribution in [2.45, 2.75) is 38.8 Å². The summed E-state index contributed by atoms with van der Waals surface area (Å²) in [4.78, 5) is 8.26. The Hall–Kier alpha value is -3.05. The van der Waals surface area contributed by atoms with Crippen molar-refractivity contribution >= 4 is 11.6 Å². The molecule has 8 nitrogen and oxygen atoms in total. The number of rotatable bonds is 6. The second-order valence-corrected chi connectivity index (χ2v) is 6.60. The maximum atomic E-state index is 12.9. The molecule has 3 aromatic heterocycles. The topological polar surface area (TPSA) is 109 Å². The fraction of sp³-hybridized carbons (Fsp3) is 0.333. The highest BCUT2D eigenvalue weighted by molar-refractivity contribution is 5.61. The Morgan fingerprint density at radius 3 is 2.59 bits per heavy atom. The summed E-state index contributed by atoms with van der Waals surface area (Å²) >= 11 is 0. The maximum Gasteiger partial charge on any atom is 0.416 e. The molecule has 0 aromatic carbocycles. The van der Waals surface area contributed by atoms with Gasteiger partial charge in [-0.15, -0.1) is 5.10 Å². The standard InChI is InChI=1S/C18H19F3N6O2/c1-10-5-13(14-8-27(26-25-14)9-15(29)11(2)28)23-17(6-10)24-16-7-12(3-4-22-16)18(19,20)21/h3-8,11,15,28-29H,9H2,1-2H3,(H,22,23,24). The van der Waals surface area contributed by atoms with Crippen LogP contribution in [-0.2, 0) is 12.7 Å². The van der Waals surface area contributed by atoms with E-state index in [1.807, 2.05) is 0 Å². The molecule has 3 heterocycles. The maximum absolute atomic E-state index is 12.9. The molecule has 0 aliphatic heterocycles. The number of pyridine rings is 2. The zero-order valence-corrected chi connectivity index (χ0v) is 15.6. The number of aliphatic hydroxyl groups is 2. The van der Waals surface area contributed by atoms with Crippen molar-refractivity contribution in [2.24, 2.45) is 0 Å². The van der Waals surface area contributed by atoms with E-state index in [4.69, 9.17) is 0 Å². The lowest BCUT2D eigenvalue weighted by atomic mass is 10.2. The van der Waals surface area contributed by atoms with Gasteiger partial charge in [0.1, 0.15) is 17.3 Å². The first-order chi connectivity index (χ1) is 13.6. The van der Waals surface area contributed by atoms with E-state index >= 15 is 0 Å². The normalized spacial score (nSPS) is 13.9. The van der Waals surface area contributed by atoms with Crippen LogP contribution in [0.1, 0.15) is 18.1 Å². The highest BCUT2D eigenvalue weighted by Gasteiger charge is 2.30. The molecule has 11 heteroatoms. The van der Waals surface area contributed by atoms with Crippen molar-refractivity contribution < 1.29 is 23.4 Å². The molecule has 29 heavy (non-hydrogen) atoms. The number of hydrogen-bond donors (Lipinski definition) is 3. The van der Waals surface area contributed by atoms with Crippen LogP contribution in [0.5, 0.6) is 0 Å². The van der Waals surface area contributed by atoms with E-state index in [9.17, 15) is 23.4 Å². The molecular formula is C18H19F3N6O2. The monoisotopic (exact) mass is 408 g/mol. The predicted octanol–water partition coefficient (Wildman–Crippen LogP) is 2.55. The van der Waals surface area contributed by atoms with Gasteiger partial charge in [0.2, 0.25) is 0 Å². The Kier molecular flexibility index (Phi) is 5.80. The van der Waals surface area contributed by atoms with Gasteiger partial charge < -0.3 is 15.5 Å². The third kappa shape index (κ3) is 5.27. The number of hydrogen-bond acceptors (Lipinski definition) is 7. The van der Waals surface area contributed by atoms with E-state index in [0.29, 0.717) is 17.2 Å². The highest BCUT2D eigenvalue weighted by Crippen LogP contribution is 2.30. The Bertz CT molecular complexity index is 990. The third-order valence-corrected chi connectivity index (χ3v) is 4.05. The Morgan fingerprint density at radius 1 is 1.14 bits per heavy atom. The summed E-state index contributed by atoms with van der Waals surface area (Å²) in [5.74, 6) is 0.304. The van der Waals surface area contributed by atoms with Crippen LogP contribution in [0, 0.1) is 6.92 Å². The average molecular weight is 408 g/mol. The van der Waals surface area contributed by atoms with Crippen molar-refractivity contribution in [2.75, 3.05) is 5.32 Å². The van der Waals surface area contributed by atoms with Crippen LogP contribution >= 0.6 is 0 Å². The van der Waals surface area contributed by atoms with Crippen LogP contribution in [0.4, 0.5) is 24.8 Å². The van der Waals surface area contributed by atoms with Gasteiger partial charge in [-0.25, -0.2) is 14.6 Å². The second kappa shape index (κ2) is 8.13. The van der Waals surface area contributed by atoms with Gasteiger partial charge in [0, 0.05) is 6.20 Å². The van der Waals surface area contributed by atoms with Gasteiger partial charge in [0.15, 0.2) is 0 Å². The molecule has 0 aliphatic rings. The molecule has 2 atom stereocenters. The zero-order chi connectivity index (χ0) is 21.2. The molecule has 154 valence electrons. The number of alkyl halides is 3. The second-order valence-electron chi connectivity index (χ2n) is 6.60. The fourth-order valence-electron chi connectivity index (χ4n) is 2.52. The predicted molar refractivity (Wildman–Crippen MR) is 98.2 cm³/mol. The number of nitrogens with one attached hydrogen (secondary N) is 1. The van der Waals surface area contributed by atoms with Crippen LogP contribution in [0.3, 0.4) is 0 Å². The first-order valence-corrected chi connectivity index (χ1v) is 8.67. The minimum atomic E-state index is -4.47. The van der Waals surface area contributed by atoms with Crippen LogP contribution in [0.25, 0.3) is 11.4 Å². The molecule has 3 aromatic rings. The van der Waals surface area contributed by atoms with Crippen molar-refractivity contribution in [1.82, 2.24) is 25.0 Å². The Morgan fingerprint density at radius 2 is 1.90 bits per heavy atom. The average Bonchev–Trinajstić information content (AvgIpc) is 3.09. The smallest absolute Gasteiger partial charge is 0.391 e. The molecular weight excluding hydrogens is 389 g/mol. The number of aryl methyl sites for hydroxylation is 1. The van der Waals surface area contributed by atoms with Gasteiger partial charge in [-0.3, -0.25) is 0 Å². The minimum absolute atomic E-state index is 0.00702. The minimum Gasteiger partial charge on any atom is -0.391 e. The van der Waals surface area contributed by atoms with E-state index in [-0.39, 0.29) is 12.4 Å². The number of anilines is 2. The van der Waals surface area contributed by atoms with Crippen molar-refractivity contribution in [3.63, 3.8) is 0 Å². The summed E-state index contributed by atoms with van der Waals surface area (Å²) in [5, 5.41) is 29.8. The van der Waals surface area contributed by atoms with Crippen LogP contribution in [-0.4, -0.2) is 47.4 Å². The molecule has 0 radical (unpaired) electrons. The molecule has 0 aliphatic carbocycles. The van der Waals surface area contributed by atoms with Crippen molar-refractivity contribution in [3.05, 3.63) is 47.8 Å². The first kappa shape index (κ1) is 20.7. The molecule has 3 rings (SSSR count). The summed E-state index contributed by atoms with van der Waals surface area (Å²) in [5.41, 5.74) is 0.828. The lowest BCUT2D eigenvalue weighted by molar-refractivity contribution is -0.137. The lowest BCUT2D eigenvalue weighted by Crippen LogP contribution is -2.27. The van der Waals surface area contributed by atoms with Gasteiger partial charge in [-0.2, -0.15) is 13.2 Å². The lowest BCUT2D eigenvalue weighted by Gasteiger charge is -2.12. The molecule has 0 spiro atoms. The quantitative estimate of drug-likeness (QED) is 0.575. The van der Waals surface area contributed by atoms with E-state index in [1.165, 1.54) is 11.6 Å². The van der Waals surface area contributed by atoms with E-state index in [2.05, 4.69) is 25.6 Å². The summed E-state index contributed by atoms with van der Waals surface area (Å²) in [6.07, 6.45) is -3.77. The number of nitrogens with zero attached hydrogens (tertiary/aromatic N) is 5. The SMILES string of the molecule is Cc1cc(Nc2cc(C(F)(F)F)ccn2)nc(-c2cn(CC(O)C(C)O)nn2)c1. The summed E-state index contributed by atoms with van der Waals surface area (Å²) in [6.45, 7) is 3.32. The van der Waals surface area contributed by atoms with Crippen LogP contribution < -0.4 is 5.32 Å². The third-order valence-electron chi connectivity index (χ3n) is 4.05. The Labute approximate surface area is 164 Å². The molecule has 0 fully saturated rings. The largest absolute Gasteiger partial charge is 0.416 e. The molecule has 0 saturated carbocycles. The van der Waals surface area contributed by atoms with Crippen molar-refractivity contribution in [1.29, 1.82) is 0 Å². The summed E-state index contributed by atoms with van der Waals surface area (Å²) in [7, 11) is 0. The van der Waals surface area contributed by atoms with Gasteiger partial charge in [0.05, 0.1) is 36.2 Å².